The Morgan fingerprint density at radius 1 is 1.22 bits per heavy atom. The van der Waals surface area contributed by atoms with E-state index in [9.17, 15) is 4.79 Å². The predicted octanol–water partition coefficient (Wildman–Crippen LogP) is 4.44. The minimum Gasteiger partial charge on any atom is -0.497 e. The van der Waals surface area contributed by atoms with Gasteiger partial charge in [-0.05, 0) is 68.4 Å². The lowest BCUT2D eigenvalue weighted by atomic mass is 9.62. The highest BCUT2D eigenvalue weighted by Gasteiger charge is 2.51. The normalized spacial score (nSPS) is 34.9. The maximum atomic E-state index is 12.9. The van der Waals surface area contributed by atoms with E-state index < -0.39 is 0 Å². The maximum absolute atomic E-state index is 12.9. The molecule has 0 bridgehead atoms. The molecule has 0 aromatic heterocycles. The van der Waals surface area contributed by atoms with Crippen LogP contribution in [-0.2, 0) is 9.53 Å². The third kappa shape index (κ3) is 3.75. The third-order valence-corrected chi connectivity index (χ3v) is 8.27. The molecule has 0 radical (unpaired) electrons. The number of carbonyl (C=O) groups excluding carboxylic acids is 1. The van der Waals surface area contributed by atoms with E-state index in [2.05, 4.69) is 54.9 Å². The molecule has 2 heterocycles. The van der Waals surface area contributed by atoms with E-state index in [0.717, 1.165) is 51.2 Å². The third-order valence-electron chi connectivity index (χ3n) is 8.27. The SMILES string of the molecule is COc1ccc(N2CCN(C[C@H]3C(=O)O[C@@H]4C[C@@]5(C)CCC=C(C)C5=C[C@@H]43)C[C@H]2C)cc1. The largest absolute Gasteiger partial charge is 0.497 e. The van der Waals surface area contributed by atoms with Crippen molar-refractivity contribution in [3.63, 3.8) is 0 Å². The van der Waals surface area contributed by atoms with Crippen LogP contribution in [0, 0.1) is 17.3 Å². The summed E-state index contributed by atoms with van der Waals surface area (Å²) >= 11 is 0. The zero-order valence-electron chi connectivity index (χ0n) is 19.8. The number of rotatable bonds is 4. The van der Waals surface area contributed by atoms with E-state index in [0.29, 0.717) is 6.04 Å². The summed E-state index contributed by atoms with van der Waals surface area (Å²) in [4.78, 5) is 17.8. The summed E-state index contributed by atoms with van der Waals surface area (Å²) in [6, 6.07) is 8.70. The van der Waals surface area contributed by atoms with Crippen LogP contribution in [0.5, 0.6) is 5.75 Å². The van der Waals surface area contributed by atoms with Crippen molar-refractivity contribution in [3.05, 3.63) is 47.6 Å². The van der Waals surface area contributed by atoms with Crippen LogP contribution >= 0.6 is 0 Å². The molecule has 2 aliphatic heterocycles. The number of methoxy groups -OCH3 is 1. The maximum Gasteiger partial charge on any atom is 0.311 e. The first-order valence-electron chi connectivity index (χ1n) is 12.1. The van der Waals surface area contributed by atoms with Crippen LogP contribution in [0.25, 0.3) is 0 Å². The fourth-order valence-corrected chi connectivity index (χ4v) is 6.47. The molecule has 5 atom stereocenters. The summed E-state index contributed by atoms with van der Waals surface area (Å²) in [5, 5.41) is 0. The fourth-order valence-electron chi connectivity index (χ4n) is 6.47. The molecule has 4 aliphatic rings. The van der Waals surface area contributed by atoms with E-state index in [1.807, 2.05) is 12.1 Å². The summed E-state index contributed by atoms with van der Waals surface area (Å²) in [7, 11) is 1.70. The van der Waals surface area contributed by atoms with Gasteiger partial charge in [-0.25, -0.2) is 0 Å². The average molecular weight is 437 g/mol. The zero-order chi connectivity index (χ0) is 22.5. The molecule has 5 rings (SSSR count). The Bertz CT molecular complexity index is 937. The standard InChI is InChI=1S/C27H36N2O3/c1-18-6-5-11-27(3)15-25-22(14-24(18)27)23(26(30)32-25)17-28-12-13-29(19(2)16-28)20-7-9-21(31-4)10-8-20/h6-10,14,19,22-23,25H,5,11-13,15-17H2,1-4H3/t19-,22-,23-,25-,27-/m1/s1. The van der Waals surface area contributed by atoms with E-state index in [-0.39, 0.29) is 29.3 Å². The van der Waals surface area contributed by atoms with Crippen molar-refractivity contribution in [1.82, 2.24) is 4.90 Å². The van der Waals surface area contributed by atoms with Gasteiger partial charge in [-0.1, -0.05) is 24.6 Å². The van der Waals surface area contributed by atoms with Gasteiger partial charge >= 0.3 is 5.97 Å². The lowest BCUT2D eigenvalue weighted by molar-refractivity contribution is -0.145. The average Bonchev–Trinajstić information content (AvgIpc) is 3.06. The second-order valence-electron chi connectivity index (χ2n) is 10.4. The highest BCUT2D eigenvalue weighted by Crippen LogP contribution is 2.52. The van der Waals surface area contributed by atoms with Gasteiger partial charge in [0.1, 0.15) is 11.9 Å². The van der Waals surface area contributed by atoms with Crippen LogP contribution in [0.3, 0.4) is 0 Å². The summed E-state index contributed by atoms with van der Waals surface area (Å²) < 4.78 is 11.3. The van der Waals surface area contributed by atoms with Crippen LogP contribution in [0.1, 0.15) is 40.0 Å². The number of anilines is 1. The number of allylic oxidation sites excluding steroid dienone is 3. The molecular weight excluding hydrogens is 400 g/mol. The molecule has 172 valence electrons. The van der Waals surface area contributed by atoms with E-state index >= 15 is 0 Å². The van der Waals surface area contributed by atoms with Crippen LogP contribution in [-0.4, -0.2) is 56.3 Å². The van der Waals surface area contributed by atoms with Gasteiger partial charge in [-0.2, -0.15) is 0 Å². The van der Waals surface area contributed by atoms with Gasteiger partial charge in [0.05, 0.1) is 13.0 Å². The molecule has 1 aromatic carbocycles. The first-order chi connectivity index (χ1) is 15.4. The van der Waals surface area contributed by atoms with Crippen molar-refractivity contribution in [1.29, 1.82) is 0 Å². The number of benzene rings is 1. The van der Waals surface area contributed by atoms with E-state index in [1.54, 1.807) is 7.11 Å². The zero-order valence-corrected chi connectivity index (χ0v) is 19.8. The molecule has 0 N–H and O–H groups in total. The Morgan fingerprint density at radius 2 is 2.00 bits per heavy atom. The highest BCUT2D eigenvalue weighted by molar-refractivity contribution is 5.76. The molecule has 0 unspecified atom stereocenters. The van der Waals surface area contributed by atoms with Crippen molar-refractivity contribution >= 4 is 11.7 Å². The van der Waals surface area contributed by atoms with Crippen molar-refractivity contribution in [3.8, 4) is 5.75 Å². The minimum atomic E-state index is -0.0495. The van der Waals surface area contributed by atoms with Gasteiger partial charge in [0.15, 0.2) is 0 Å². The predicted molar refractivity (Wildman–Crippen MR) is 127 cm³/mol. The van der Waals surface area contributed by atoms with Crippen molar-refractivity contribution in [2.75, 3.05) is 38.2 Å². The molecule has 2 aliphatic carbocycles. The quantitative estimate of drug-likeness (QED) is 0.653. The van der Waals surface area contributed by atoms with Crippen molar-refractivity contribution in [2.24, 2.45) is 17.3 Å². The Morgan fingerprint density at radius 3 is 2.72 bits per heavy atom. The minimum absolute atomic E-state index is 0.00552. The first kappa shape index (κ1) is 21.6. The molecular formula is C27H36N2O3. The van der Waals surface area contributed by atoms with Crippen molar-refractivity contribution in [2.45, 2.75) is 52.2 Å². The monoisotopic (exact) mass is 436 g/mol. The van der Waals surface area contributed by atoms with Crippen LogP contribution in [0.15, 0.2) is 47.6 Å². The van der Waals surface area contributed by atoms with Crippen LogP contribution in [0.2, 0.25) is 0 Å². The van der Waals surface area contributed by atoms with Gasteiger partial charge < -0.3 is 14.4 Å². The van der Waals surface area contributed by atoms with Gasteiger partial charge in [0.2, 0.25) is 0 Å². The molecule has 2 saturated heterocycles. The summed E-state index contributed by atoms with van der Waals surface area (Å²) in [6.07, 6.45) is 8.08. The molecule has 0 spiro atoms. The first-order valence-corrected chi connectivity index (χ1v) is 12.1. The van der Waals surface area contributed by atoms with Gasteiger partial charge in [0, 0.05) is 43.8 Å². The number of fused-ring (bicyclic) bond motifs is 2. The Hall–Kier alpha value is -2.27. The van der Waals surface area contributed by atoms with Gasteiger partial charge in [-0.3, -0.25) is 9.69 Å². The number of piperazine rings is 1. The number of esters is 1. The number of carbonyl (C=O) groups is 1. The summed E-state index contributed by atoms with van der Waals surface area (Å²) in [5.41, 5.74) is 4.25. The molecule has 2 fully saturated rings. The molecule has 5 heteroatoms. The number of nitrogens with zero attached hydrogens (tertiary/aromatic N) is 2. The Kier molecular flexibility index (Phi) is 5.56. The molecule has 5 nitrogen and oxygen atoms in total. The molecule has 0 saturated carbocycles. The topological polar surface area (TPSA) is 42.0 Å². The summed E-state index contributed by atoms with van der Waals surface area (Å²) in [6.45, 7) is 10.5. The number of ether oxygens (including phenoxy) is 2. The lowest BCUT2D eigenvalue weighted by Gasteiger charge is -2.44. The van der Waals surface area contributed by atoms with E-state index in [4.69, 9.17) is 9.47 Å². The molecule has 1 aromatic rings. The summed E-state index contributed by atoms with van der Waals surface area (Å²) in [5.74, 6) is 1.05. The van der Waals surface area contributed by atoms with E-state index in [1.165, 1.54) is 16.8 Å². The van der Waals surface area contributed by atoms with Crippen LogP contribution < -0.4 is 9.64 Å². The van der Waals surface area contributed by atoms with Crippen molar-refractivity contribution < 1.29 is 14.3 Å². The Labute approximate surface area is 192 Å². The second kappa shape index (κ2) is 8.26. The molecule has 32 heavy (non-hydrogen) atoms. The number of hydrogen-bond acceptors (Lipinski definition) is 5. The smallest absolute Gasteiger partial charge is 0.311 e. The second-order valence-corrected chi connectivity index (χ2v) is 10.4. The highest BCUT2D eigenvalue weighted by atomic mass is 16.6. The lowest BCUT2D eigenvalue weighted by Crippen LogP contribution is -2.53. The fraction of sp³-hybridized carbons (Fsp3) is 0.593. The number of hydrogen-bond donors (Lipinski definition) is 0. The van der Waals surface area contributed by atoms with Gasteiger partial charge in [0.25, 0.3) is 0 Å². The molecule has 0 amide bonds. The van der Waals surface area contributed by atoms with Gasteiger partial charge in [-0.15, -0.1) is 0 Å². The Balaban J connectivity index is 1.28. The van der Waals surface area contributed by atoms with Crippen LogP contribution in [0.4, 0.5) is 5.69 Å².